The monoisotopic (exact) mass is 1000 g/mol. The van der Waals surface area contributed by atoms with Crippen LogP contribution in [0, 0.1) is 10.1 Å². The molecular weight excluding hydrogens is 947 g/mol. The summed E-state index contributed by atoms with van der Waals surface area (Å²) < 4.78 is 40.8. The van der Waals surface area contributed by atoms with E-state index in [2.05, 4.69) is 19.2 Å². The fraction of sp³-hybridized carbons (Fsp3) is 0.340. The smallest absolute Gasteiger partial charge is 0.343 e. The molecule has 5 aliphatic heterocycles. The third-order valence-corrected chi connectivity index (χ3v) is 14.3. The van der Waals surface area contributed by atoms with Gasteiger partial charge in [-0.15, -0.1) is 0 Å². The van der Waals surface area contributed by atoms with Crippen molar-refractivity contribution in [3.63, 3.8) is 0 Å². The number of ether oxygens (including phenoxy) is 7. The van der Waals surface area contributed by atoms with E-state index in [0.29, 0.717) is 30.5 Å². The van der Waals surface area contributed by atoms with Gasteiger partial charge in [0.25, 0.3) is 11.6 Å². The van der Waals surface area contributed by atoms with Gasteiger partial charge in [0.05, 0.1) is 59.5 Å². The number of pyridine rings is 1. The normalized spacial score (nSPS) is 25.5. The summed E-state index contributed by atoms with van der Waals surface area (Å²) in [5.41, 5.74) is 8.30. The zero-order valence-corrected chi connectivity index (χ0v) is 41.2. The van der Waals surface area contributed by atoms with E-state index in [-0.39, 0.29) is 24.4 Å². The number of carbonyl (C=O) groups is 4. The van der Waals surface area contributed by atoms with Crippen molar-refractivity contribution in [1.82, 2.24) is 9.88 Å². The molecule has 2 fully saturated rings. The third kappa shape index (κ3) is 8.39. The fourth-order valence-electron chi connectivity index (χ4n) is 10.5. The Bertz CT molecular complexity index is 3150. The Morgan fingerprint density at radius 1 is 0.904 bits per heavy atom. The predicted octanol–water partition coefficient (Wildman–Crippen LogP) is 5.10. The number of aromatic nitrogens is 2. The summed E-state index contributed by atoms with van der Waals surface area (Å²) in [4.78, 5) is 57.8. The van der Waals surface area contributed by atoms with E-state index in [4.69, 9.17) is 34.2 Å². The van der Waals surface area contributed by atoms with Gasteiger partial charge in [0.1, 0.15) is 18.3 Å². The summed E-state index contributed by atoms with van der Waals surface area (Å²) in [5.74, 6) is -2.17. The molecule has 2 bridgehead atoms. The van der Waals surface area contributed by atoms with Gasteiger partial charge < -0.3 is 59.0 Å². The van der Waals surface area contributed by atoms with E-state index in [0.717, 1.165) is 55.5 Å². The maximum Gasteiger partial charge on any atom is 0.343 e. The van der Waals surface area contributed by atoms with Crippen LogP contribution in [0.25, 0.3) is 39.1 Å². The van der Waals surface area contributed by atoms with Gasteiger partial charge in [0, 0.05) is 69.1 Å². The second-order valence-electron chi connectivity index (χ2n) is 17.9. The summed E-state index contributed by atoms with van der Waals surface area (Å²) in [6, 6.07) is 27.3. The second-order valence-corrected chi connectivity index (χ2v) is 17.9. The Balaban J connectivity index is 0.000000155. The highest BCUT2D eigenvalue weighted by Crippen LogP contribution is 2.61. The molecule has 7 heterocycles. The molecule has 0 saturated carbocycles. The molecule has 6 aromatic rings. The van der Waals surface area contributed by atoms with Crippen LogP contribution in [0.15, 0.2) is 103 Å². The number of benzene rings is 4. The number of para-hydroxylation sites is 2. The van der Waals surface area contributed by atoms with Crippen LogP contribution in [0.4, 0.5) is 5.69 Å². The lowest BCUT2D eigenvalue weighted by molar-refractivity contribution is -0.714. The van der Waals surface area contributed by atoms with E-state index >= 15 is 0 Å². The molecule has 20 heteroatoms. The molecular formula is C53H56N5O15+. The number of methoxy groups -OCH3 is 5. The summed E-state index contributed by atoms with van der Waals surface area (Å²) in [5, 5.41) is 37.5. The number of nitrogens with zero attached hydrogens (tertiary/aromatic N) is 3. The Hall–Kier alpha value is -7.43. The number of amides is 1. The van der Waals surface area contributed by atoms with Gasteiger partial charge in [-0.25, -0.2) is 9.59 Å². The van der Waals surface area contributed by atoms with Gasteiger partial charge in [0.2, 0.25) is 28.7 Å². The lowest BCUT2D eigenvalue weighted by atomic mass is 9.74. The summed E-state index contributed by atoms with van der Waals surface area (Å²) in [6.07, 6.45) is 3.88. The van der Waals surface area contributed by atoms with E-state index in [1.807, 2.05) is 79.9 Å². The number of rotatable bonds is 9. The molecule has 5 aliphatic rings. The van der Waals surface area contributed by atoms with E-state index < -0.39 is 58.0 Å². The van der Waals surface area contributed by atoms with Crippen molar-refractivity contribution in [2.24, 2.45) is 5.73 Å². The van der Waals surface area contributed by atoms with Gasteiger partial charge >= 0.3 is 11.9 Å². The Labute approximate surface area is 418 Å². The van der Waals surface area contributed by atoms with Crippen LogP contribution in [-0.2, 0) is 55.9 Å². The zero-order chi connectivity index (χ0) is 52.6. The van der Waals surface area contributed by atoms with Gasteiger partial charge in [-0.05, 0) is 67.5 Å². The molecule has 0 aliphatic carbocycles. The molecule has 73 heavy (non-hydrogen) atoms. The quantitative estimate of drug-likeness (QED) is 0.0367. The standard InChI is InChI=1S/C27H21N3O5.C9H7NO3.C9H16O6.C8H11NO/c1-26-23-21-18(16-9-5-6-10-29(16)23)14-12-28-24(31)20(14)19-13-7-3-4-8-15(13)30(22(19)21)17(35-26)11-27(26,33)25(32)34-2;11-7-3-5-8-4-1-2-6-9(8)10(12)13;1-8(14-4)9(11,7(10)13-3)5-6(12-2)15-8;1-10-8-4-2-7(6-9)3-5-8/h3-10,17,23,33H,11-12H2,1-2H3;1-7H;6,11H,5H2,1-4H3;2-5H,6,9H2,1H3/p+1/b;5-3+;;/t17-,23?,26-,27+;;;/m0.../s1. The SMILES string of the molecule is COC(=O)C1(O)CC(OC)OC1(C)OC.COC(=O)[C@]1(O)C[C@@H]2O[C@@]1(C)C1c3c(c4c(c5c6ccccc6n2c35)C(=O)NC4)-c2cccc[n+]21.COc1ccc(CN)cc1.O=C/C=C/c1ccccc1[N+](=O)[O-]. The van der Waals surface area contributed by atoms with Crippen molar-refractivity contribution < 1.29 is 72.0 Å². The van der Waals surface area contributed by atoms with E-state index in [1.54, 1.807) is 25.3 Å². The topological polar surface area (TPSA) is 263 Å². The third-order valence-electron chi connectivity index (χ3n) is 14.3. The molecule has 4 aromatic carbocycles. The highest BCUT2D eigenvalue weighted by Gasteiger charge is 2.72. The lowest BCUT2D eigenvalue weighted by Crippen LogP contribution is -2.64. The minimum absolute atomic E-state index is 0.000556. The maximum absolute atomic E-state index is 13.2. The highest BCUT2D eigenvalue weighted by molar-refractivity contribution is 6.22. The molecule has 5 N–H and O–H groups in total. The Morgan fingerprint density at radius 3 is 2.22 bits per heavy atom. The number of fused-ring (bicyclic) bond motifs is 13. The molecule has 20 nitrogen and oxygen atoms in total. The van der Waals surface area contributed by atoms with Crippen molar-refractivity contribution in [3.05, 3.63) is 141 Å². The Morgan fingerprint density at radius 2 is 1.58 bits per heavy atom. The average molecular weight is 1000 g/mol. The van der Waals surface area contributed by atoms with Gasteiger partial charge in [-0.1, -0.05) is 42.5 Å². The van der Waals surface area contributed by atoms with E-state index in [9.17, 15) is 39.5 Å². The molecule has 2 aromatic heterocycles. The molecule has 0 spiro atoms. The molecule has 7 atom stereocenters. The first kappa shape index (κ1) is 51.9. The largest absolute Gasteiger partial charge is 0.497 e. The lowest BCUT2D eigenvalue weighted by Gasteiger charge is -2.36. The molecule has 382 valence electrons. The first-order valence-electron chi connectivity index (χ1n) is 23.1. The second kappa shape index (κ2) is 20.2. The summed E-state index contributed by atoms with van der Waals surface area (Å²) >= 11 is 0. The molecule has 1 amide bonds. The van der Waals surface area contributed by atoms with Crippen molar-refractivity contribution in [1.29, 1.82) is 0 Å². The summed E-state index contributed by atoms with van der Waals surface area (Å²) in [7, 11) is 6.89. The van der Waals surface area contributed by atoms with Crippen LogP contribution in [0.3, 0.4) is 0 Å². The van der Waals surface area contributed by atoms with Crippen LogP contribution < -0.4 is 20.4 Å². The molecule has 0 radical (unpaired) electrons. The van der Waals surface area contributed by atoms with Crippen LogP contribution in [0.5, 0.6) is 5.75 Å². The van der Waals surface area contributed by atoms with E-state index in [1.165, 1.54) is 53.6 Å². The van der Waals surface area contributed by atoms with Crippen LogP contribution >= 0.6 is 0 Å². The minimum Gasteiger partial charge on any atom is -0.497 e. The van der Waals surface area contributed by atoms with Crippen LogP contribution in [0.1, 0.15) is 71.6 Å². The first-order chi connectivity index (χ1) is 35.0. The summed E-state index contributed by atoms with van der Waals surface area (Å²) in [6.45, 7) is 4.29. The maximum atomic E-state index is 13.2. The average Bonchev–Trinajstić information content (AvgIpc) is 4.18. The first-order valence-corrected chi connectivity index (χ1v) is 23.1. The van der Waals surface area contributed by atoms with Crippen molar-refractivity contribution in [2.75, 3.05) is 35.5 Å². The number of nitro groups is 1. The van der Waals surface area contributed by atoms with Crippen LogP contribution in [-0.4, -0.2) is 108 Å². The zero-order valence-electron chi connectivity index (χ0n) is 41.2. The fourth-order valence-corrected chi connectivity index (χ4v) is 10.5. The number of carbonyl (C=O) groups excluding carboxylic acids is 4. The Kier molecular flexibility index (Phi) is 14.4. The number of aldehydes is 1. The van der Waals surface area contributed by atoms with Gasteiger partial charge in [0.15, 0.2) is 18.1 Å². The highest BCUT2D eigenvalue weighted by atomic mass is 16.8. The van der Waals surface area contributed by atoms with Crippen molar-refractivity contribution in [3.8, 4) is 17.0 Å². The predicted molar refractivity (Wildman–Crippen MR) is 262 cm³/mol. The molecule has 11 rings (SSSR count). The minimum atomic E-state index is -1.87. The molecule has 2 saturated heterocycles. The number of nitro benzene ring substituents is 1. The number of allylic oxidation sites excluding steroid dienone is 1. The molecule has 4 unspecified atom stereocenters. The number of hydrogen-bond acceptors (Lipinski definition) is 16. The van der Waals surface area contributed by atoms with Crippen LogP contribution in [0.2, 0.25) is 0 Å². The van der Waals surface area contributed by atoms with Crippen molar-refractivity contribution in [2.45, 2.75) is 80.9 Å². The van der Waals surface area contributed by atoms with Crippen molar-refractivity contribution >= 4 is 57.7 Å². The number of nitrogens with one attached hydrogen (secondary N) is 1. The number of aliphatic hydroxyl groups is 2. The number of nitrogens with two attached hydrogens (primary N) is 1. The van der Waals surface area contributed by atoms with Gasteiger partial charge in [-0.3, -0.25) is 19.7 Å². The van der Waals surface area contributed by atoms with Gasteiger partial charge in [-0.2, -0.15) is 4.57 Å². The number of hydrogen-bond donors (Lipinski definition) is 4. The number of esters is 2.